The Morgan fingerprint density at radius 1 is 1.07 bits per heavy atom. The number of aliphatic imine (C=N–C) groups is 1. The van der Waals surface area contributed by atoms with Crippen LogP contribution in [0.3, 0.4) is 0 Å². The lowest BCUT2D eigenvalue weighted by Crippen LogP contribution is -2.43. The SMILES string of the molecule is CCCC(O)(CCC)CN=C(NCC)NCCNC(=O)c1ccccc1F.I. The highest BCUT2D eigenvalue weighted by molar-refractivity contribution is 14.0. The number of carbonyl (C=O) groups is 1. The Balaban J connectivity index is 0.00000729. The highest BCUT2D eigenvalue weighted by atomic mass is 127. The Morgan fingerprint density at radius 2 is 1.68 bits per heavy atom. The van der Waals surface area contributed by atoms with E-state index in [9.17, 15) is 14.3 Å². The van der Waals surface area contributed by atoms with Gasteiger partial charge < -0.3 is 21.1 Å². The molecule has 1 aromatic rings. The second kappa shape index (κ2) is 14.6. The summed E-state index contributed by atoms with van der Waals surface area (Å²) in [5, 5.41) is 19.6. The van der Waals surface area contributed by atoms with Crippen molar-refractivity contribution in [1.29, 1.82) is 0 Å². The lowest BCUT2D eigenvalue weighted by atomic mass is 9.93. The summed E-state index contributed by atoms with van der Waals surface area (Å²) in [5.74, 6) is -0.399. The Kier molecular flexibility index (Phi) is 13.8. The lowest BCUT2D eigenvalue weighted by molar-refractivity contribution is 0.0306. The summed E-state index contributed by atoms with van der Waals surface area (Å²) in [7, 11) is 0. The van der Waals surface area contributed by atoms with Gasteiger partial charge in [-0.2, -0.15) is 0 Å². The van der Waals surface area contributed by atoms with Crippen molar-refractivity contribution in [1.82, 2.24) is 16.0 Å². The van der Waals surface area contributed by atoms with Crippen LogP contribution in [0.1, 0.15) is 56.8 Å². The van der Waals surface area contributed by atoms with Gasteiger partial charge in [0, 0.05) is 19.6 Å². The number of guanidine groups is 1. The van der Waals surface area contributed by atoms with Crippen LogP contribution in [0.5, 0.6) is 0 Å². The zero-order chi connectivity index (χ0) is 20.1. The highest BCUT2D eigenvalue weighted by Crippen LogP contribution is 2.19. The molecule has 4 N–H and O–H groups in total. The maximum absolute atomic E-state index is 13.6. The molecule has 0 radical (unpaired) electrons. The maximum atomic E-state index is 13.6. The smallest absolute Gasteiger partial charge is 0.254 e. The summed E-state index contributed by atoms with van der Waals surface area (Å²) in [4.78, 5) is 16.5. The molecule has 0 spiro atoms. The molecule has 0 bridgehead atoms. The first-order chi connectivity index (χ1) is 13.0. The predicted molar refractivity (Wildman–Crippen MR) is 123 cm³/mol. The molecule has 0 atom stereocenters. The molecule has 28 heavy (non-hydrogen) atoms. The minimum Gasteiger partial charge on any atom is -0.388 e. The van der Waals surface area contributed by atoms with E-state index >= 15 is 0 Å². The lowest BCUT2D eigenvalue weighted by Gasteiger charge is -2.26. The average Bonchev–Trinajstić information content (AvgIpc) is 2.63. The predicted octanol–water partition coefficient (Wildman–Crippen LogP) is 3.06. The molecular weight excluding hydrogens is 474 g/mol. The van der Waals surface area contributed by atoms with Gasteiger partial charge in [-0.25, -0.2) is 4.39 Å². The van der Waals surface area contributed by atoms with Crippen molar-refractivity contribution in [2.75, 3.05) is 26.2 Å². The fraction of sp³-hybridized carbons (Fsp3) is 0.600. The summed E-state index contributed by atoms with van der Waals surface area (Å²) >= 11 is 0. The third kappa shape index (κ3) is 9.68. The molecule has 0 aromatic heterocycles. The third-order valence-electron chi connectivity index (χ3n) is 4.13. The quantitative estimate of drug-likeness (QED) is 0.160. The topological polar surface area (TPSA) is 85.8 Å². The van der Waals surface area contributed by atoms with Crippen LogP contribution < -0.4 is 16.0 Å². The van der Waals surface area contributed by atoms with Crippen LogP contribution in [0.2, 0.25) is 0 Å². The molecule has 1 amide bonds. The van der Waals surface area contributed by atoms with Crippen molar-refractivity contribution in [3.8, 4) is 0 Å². The van der Waals surface area contributed by atoms with Crippen molar-refractivity contribution in [2.45, 2.75) is 52.1 Å². The molecule has 0 aliphatic carbocycles. The first-order valence-electron chi connectivity index (χ1n) is 9.73. The van der Waals surface area contributed by atoms with Crippen LogP contribution in [0, 0.1) is 5.82 Å². The number of nitrogens with one attached hydrogen (secondary N) is 3. The molecule has 0 aliphatic rings. The number of carbonyl (C=O) groups excluding carboxylic acids is 1. The second-order valence-corrected chi connectivity index (χ2v) is 6.58. The highest BCUT2D eigenvalue weighted by Gasteiger charge is 2.24. The van der Waals surface area contributed by atoms with Gasteiger partial charge in [-0.1, -0.05) is 38.8 Å². The van der Waals surface area contributed by atoms with Gasteiger partial charge in [-0.05, 0) is 31.9 Å². The largest absolute Gasteiger partial charge is 0.388 e. The van der Waals surface area contributed by atoms with E-state index in [4.69, 9.17) is 0 Å². The van der Waals surface area contributed by atoms with E-state index in [0.29, 0.717) is 45.0 Å². The van der Waals surface area contributed by atoms with Crippen LogP contribution in [0.4, 0.5) is 4.39 Å². The van der Waals surface area contributed by atoms with Gasteiger partial charge in [0.2, 0.25) is 0 Å². The maximum Gasteiger partial charge on any atom is 0.254 e. The molecule has 1 rings (SSSR count). The number of hydrogen-bond acceptors (Lipinski definition) is 3. The number of benzene rings is 1. The second-order valence-electron chi connectivity index (χ2n) is 6.58. The summed E-state index contributed by atoms with van der Waals surface area (Å²) in [6.45, 7) is 7.83. The number of nitrogens with zero attached hydrogens (tertiary/aromatic N) is 1. The van der Waals surface area contributed by atoms with Crippen molar-refractivity contribution >= 4 is 35.8 Å². The zero-order valence-corrected chi connectivity index (χ0v) is 19.4. The van der Waals surface area contributed by atoms with E-state index in [0.717, 1.165) is 12.8 Å². The number of halogens is 2. The van der Waals surface area contributed by atoms with Gasteiger partial charge in [-0.15, -0.1) is 24.0 Å². The molecule has 8 heteroatoms. The van der Waals surface area contributed by atoms with Gasteiger partial charge in [0.05, 0.1) is 17.7 Å². The first-order valence-corrected chi connectivity index (χ1v) is 9.73. The van der Waals surface area contributed by atoms with Gasteiger partial charge in [0.25, 0.3) is 5.91 Å². The van der Waals surface area contributed by atoms with E-state index in [-0.39, 0.29) is 29.5 Å². The molecule has 6 nitrogen and oxygen atoms in total. The van der Waals surface area contributed by atoms with Crippen molar-refractivity contribution < 1.29 is 14.3 Å². The molecular formula is C20H34FIN4O2. The molecule has 0 aliphatic heterocycles. The number of aliphatic hydroxyl groups is 1. The van der Waals surface area contributed by atoms with Gasteiger partial charge in [-0.3, -0.25) is 9.79 Å². The summed E-state index contributed by atoms with van der Waals surface area (Å²) < 4.78 is 13.6. The van der Waals surface area contributed by atoms with E-state index in [2.05, 4.69) is 20.9 Å². The molecule has 0 saturated heterocycles. The van der Waals surface area contributed by atoms with Gasteiger partial charge >= 0.3 is 0 Å². The van der Waals surface area contributed by atoms with E-state index in [1.54, 1.807) is 12.1 Å². The average molecular weight is 508 g/mol. The third-order valence-corrected chi connectivity index (χ3v) is 4.13. The Bertz CT molecular complexity index is 608. The number of rotatable bonds is 11. The number of hydrogen-bond donors (Lipinski definition) is 4. The Hall–Kier alpha value is -1.42. The van der Waals surface area contributed by atoms with Crippen LogP contribution in [-0.2, 0) is 0 Å². The van der Waals surface area contributed by atoms with Crippen molar-refractivity contribution in [2.24, 2.45) is 4.99 Å². The normalized spacial score (nSPS) is 11.5. The first kappa shape index (κ1) is 26.6. The van der Waals surface area contributed by atoms with Crippen molar-refractivity contribution in [3.05, 3.63) is 35.6 Å². The molecule has 0 heterocycles. The summed E-state index contributed by atoms with van der Waals surface area (Å²) in [6.07, 6.45) is 3.22. The van der Waals surface area contributed by atoms with Crippen LogP contribution >= 0.6 is 24.0 Å². The van der Waals surface area contributed by atoms with Gasteiger partial charge in [0.1, 0.15) is 5.82 Å². The number of amides is 1. The zero-order valence-electron chi connectivity index (χ0n) is 17.1. The van der Waals surface area contributed by atoms with Crippen LogP contribution in [-0.4, -0.2) is 48.8 Å². The van der Waals surface area contributed by atoms with E-state index < -0.39 is 17.3 Å². The fourth-order valence-corrected chi connectivity index (χ4v) is 2.88. The molecule has 160 valence electrons. The summed E-state index contributed by atoms with van der Waals surface area (Å²) in [5.41, 5.74) is -0.757. The standard InChI is InChI=1S/C20H33FN4O2.HI/c1-4-11-20(27,12-5-2)15-25-19(22-6-3)24-14-13-23-18(26)16-9-7-8-10-17(16)21;/h7-10,27H,4-6,11-15H2,1-3H3,(H,23,26)(H2,22,24,25);1H. The van der Waals surface area contributed by atoms with Crippen LogP contribution in [0.15, 0.2) is 29.3 Å². The van der Waals surface area contributed by atoms with E-state index in [1.807, 2.05) is 20.8 Å². The molecule has 0 unspecified atom stereocenters. The molecule has 0 saturated carbocycles. The van der Waals surface area contributed by atoms with Gasteiger partial charge in [0.15, 0.2) is 5.96 Å². The summed E-state index contributed by atoms with van der Waals surface area (Å²) in [6, 6.07) is 5.88. The van der Waals surface area contributed by atoms with E-state index in [1.165, 1.54) is 12.1 Å². The fourth-order valence-electron chi connectivity index (χ4n) is 2.88. The minimum absolute atomic E-state index is 0. The Labute approximate surface area is 184 Å². The monoisotopic (exact) mass is 508 g/mol. The van der Waals surface area contributed by atoms with Crippen LogP contribution in [0.25, 0.3) is 0 Å². The molecule has 1 aromatic carbocycles. The van der Waals surface area contributed by atoms with Crippen molar-refractivity contribution in [3.63, 3.8) is 0 Å². The minimum atomic E-state index is -0.787. The Morgan fingerprint density at radius 3 is 2.25 bits per heavy atom. The molecule has 0 fully saturated rings.